The molecule has 1 aromatic rings. The van der Waals surface area contributed by atoms with Crippen LogP contribution in [0.3, 0.4) is 0 Å². The lowest BCUT2D eigenvalue weighted by Gasteiger charge is -2.16. The SMILES string of the molecule is CCC(Nc1ccc(OCCOC)cc1)C(=O)OC. The number of anilines is 1. The zero-order valence-electron chi connectivity index (χ0n) is 11.6. The van der Waals surface area contributed by atoms with E-state index in [0.29, 0.717) is 19.6 Å². The van der Waals surface area contributed by atoms with E-state index in [0.717, 1.165) is 11.4 Å². The van der Waals surface area contributed by atoms with Gasteiger partial charge in [-0.05, 0) is 30.7 Å². The normalized spacial score (nSPS) is 11.7. The van der Waals surface area contributed by atoms with Gasteiger partial charge < -0.3 is 19.5 Å². The van der Waals surface area contributed by atoms with Crippen molar-refractivity contribution in [1.29, 1.82) is 0 Å². The van der Waals surface area contributed by atoms with Crippen molar-refractivity contribution in [3.05, 3.63) is 24.3 Å². The highest BCUT2D eigenvalue weighted by Crippen LogP contribution is 2.17. The lowest BCUT2D eigenvalue weighted by Crippen LogP contribution is -2.29. The highest BCUT2D eigenvalue weighted by molar-refractivity contribution is 5.79. The van der Waals surface area contributed by atoms with Gasteiger partial charge >= 0.3 is 5.97 Å². The maximum absolute atomic E-state index is 11.5. The van der Waals surface area contributed by atoms with Gasteiger partial charge in [0.2, 0.25) is 0 Å². The minimum Gasteiger partial charge on any atom is -0.491 e. The molecule has 1 rings (SSSR count). The van der Waals surface area contributed by atoms with Crippen molar-refractivity contribution >= 4 is 11.7 Å². The summed E-state index contributed by atoms with van der Waals surface area (Å²) < 4.78 is 15.1. The molecular weight excluding hydrogens is 246 g/mol. The van der Waals surface area contributed by atoms with E-state index in [1.54, 1.807) is 7.11 Å². The van der Waals surface area contributed by atoms with Crippen LogP contribution in [0.5, 0.6) is 5.75 Å². The molecule has 0 saturated carbocycles. The molecule has 5 heteroatoms. The third kappa shape index (κ3) is 5.18. The van der Waals surface area contributed by atoms with E-state index in [-0.39, 0.29) is 12.0 Å². The summed E-state index contributed by atoms with van der Waals surface area (Å²) in [6, 6.07) is 7.11. The number of ether oxygens (including phenoxy) is 3. The maximum Gasteiger partial charge on any atom is 0.328 e. The van der Waals surface area contributed by atoms with Gasteiger partial charge in [0.15, 0.2) is 0 Å². The first kappa shape index (κ1) is 15.3. The third-order valence-corrected chi connectivity index (χ3v) is 2.65. The predicted octanol–water partition coefficient (Wildman–Crippen LogP) is 2.08. The number of benzene rings is 1. The van der Waals surface area contributed by atoms with Crippen LogP contribution in [0.2, 0.25) is 0 Å². The first-order valence-corrected chi connectivity index (χ1v) is 6.27. The molecule has 5 nitrogen and oxygen atoms in total. The van der Waals surface area contributed by atoms with Gasteiger partial charge in [-0.2, -0.15) is 0 Å². The highest BCUT2D eigenvalue weighted by Gasteiger charge is 2.16. The summed E-state index contributed by atoms with van der Waals surface area (Å²) in [7, 11) is 3.02. The van der Waals surface area contributed by atoms with Crippen LogP contribution in [0.25, 0.3) is 0 Å². The molecule has 0 bridgehead atoms. The van der Waals surface area contributed by atoms with Gasteiger partial charge in [0.25, 0.3) is 0 Å². The van der Waals surface area contributed by atoms with Crippen molar-refractivity contribution in [2.75, 3.05) is 32.8 Å². The topological polar surface area (TPSA) is 56.8 Å². The van der Waals surface area contributed by atoms with E-state index in [1.807, 2.05) is 31.2 Å². The molecule has 0 aliphatic heterocycles. The standard InChI is InChI=1S/C14H21NO4/c1-4-13(14(16)18-3)15-11-5-7-12(8-6-11)19-10-9-17-2/h5-8,13,15H,4,9-10H2,1-3H3. The number of esters is 1. The molecule has 1 atom stereocenters. The average molecular weight is 267 g/mol. The Balaban J connectivity index is 2.53. The Hall–Kier alpha value is -1.75. The molecule has 0 amide bonds. The Labute approximate surface area is 113 Å². The summed E-state index contributed by atoms with van der Waals surface area (Å²) in [5.41, 5.74) is 0.858. The van der Waals surface area contributed by atoms with Gasteiger partial charge in [0.1, 0.15) is 18.4 Å². The molecule has 0 spiro atoms. The Morgan fingerprint density at radius 3 is 2.42 bits per heavy atom. The van der Waals surface area contributed by atoms with Gasteiger partial charge in [0, 0.05) is 12.8 Å². The number of carbonyl (C=O) groups excluding carboxylic acids is 1. The predicted molar refractivity (Wildman–Crippen MR) is 73.5 cm³/mol. The summed E-state index contributed by atoms with van der Waals surface area (Å²) in [5.74, 6) is 0.511. The van der Waals surface area contributed by atoms with Crippen molar-refractivity contribution in [3.63, 3.8) is 0 Å². The molecule has 1 N–H and O–H groups in total. The van der Waals surface area contributed by atoms with Crippen molar-refractivity contribution in [2.45, 2.75) is 19.4 Å². The molecule has 106 valence electrons. The molecular formula is C14H21NO4. The molecule has 0 fully saturated rings. The zero-order chi connectivity index (χ0) is 14.1. The van der Waals surface area contributed by atoms with Crippen LogP contribution in [-0.2, 0) is 14.3 Å². The van der Waals surface area contributed by atoms with Gasteiger partial charge in [-0.3, -0.25) is 0 Å². The highest BCUT2D eigenvalue weighted by atomic mass is 16.5. The number of methoxy groups -OCH3 is 2. The van der Waals surface area contributed by atoms with E-state index in [4.69, 9.17) is 14.2 Å². The van der Waals surface area contributed by atoms with Crippen molar-refractivity contribution in [2.24, 2.45) is 0 Å². The van der Waals surface area contributed by atoms with E-state index >= 15 is 0 Å². The molecule has 0 heterocycles. The van der Waals surface area contributed by atoms with Gasteiger partial charge in [-0.25, -0.2) is 4.79 Å². The quantitative estimate of drug-likeness (QED) is 0.577. The largest absolute Gasteiger partial charge is 0.491 e. The van der Waals surface area contributed by atoms with E-state index in [9.17, 15) is 4.79 Å². The van der Waals surface area contributed by atoms with Crippen molar-refractivity contribution in [3.8, 4) is 5.75 Å². The minimum absolute atomic E-state index is 0.261. The van der Waals surface area contributed by atoms with Gasteiger partial charge in [-0.1, -0.05) is 6.92 Å². The summed E-state index contributed by atoms with van der Waals surface area (Å²) in [6.45, 7) is 3.00. The number of hydrogen-bond acceptors (Lipinski definition) is 5. The summed E-state index contributed by atoms with van der Waals surface area (Å²) in [6.07, 6.45) is 0.665. The van der Waals surface area contributed by atoms with E-state index in [1.165, 1.54) is 7.11 Å². The van der Waals surface area contributed by atoms with Crippen LogP contribution in [0, 0.1) is 0 Å². The maximum atomic E-state index is 11.5. The molecule has 1 aromatic carbocycles. The average Bonchev–Trinajstić information content (AvgIpc) is 2.45. The van der Waals surface area contributed by atoms with Crippen LogP contribution in [0.1, 0.15) is 13.3 Å². The Morgan fingerprint density at radius 2 is 1.89 bits per heavy atom. The van der Waals surface area contributed by atoms with Crippen LogP contribution in [-0.4, -0.2) is 39.4 Å². The fraction of sp³-hybridized carbons (Fsp3) is 0.500. The third-order valence-electron chi connectivity index (χ3n) is 2.65. The molecule has 0 aliphatic rings. The fourth-order valence-corrected chi connectivity index (χ4v) is 1.56. The van der Waals surface area contributed by atoms with Crippen molar-refractivity contribution < 1.29 is 19.0 Å². The first-order chi connectivity index (χ1) is 9.21. The minimum atomic E-state index is -0.328. The number of hydrogen-bond donors (Lipinski definition) is 1. The second-order valence-electron chi connectivity index (χ2n) is 3.99. The number of carbonyl (C=O) groups is 1. The van der Waals surface area contributed by atoms with Gasteiger partial charge in [0.05, 0.1) is 13.7 Å². The monoisotopic (exact) mass is 267 g/mol. The molecule has 1 unspecified atom stereocenters. The summed E-state index contributed by atoms with van der Waals surface area (Å²) in [4.78, 5) is 11.5. The molecule has 0 radical (unpaired) electrons. The first-order valence-electron chi connectivity index (χ1n) is 6.27. The van der Waals surface area contributed by atoms with Crippen LogP contribution in [0.15, 0.2) is 24.3 Å². The lowest BCUT2D eigenvalue weighted by molar-refractivity contribution is -0.141. The Morgan fingerprint density at radius 1 is 1.21 bits per heavy atom. The zero-order valence-corrected chi connectivity index (χ0v) is 11.6. The second kappa shape index (κ2) is 8.37. The lowest BCUT2D eigenvalue weighted by atomic mass is 10.2. The van der Waals surface area contributed by atoms with Crippen LogP contribution in [0.4, 0.5) is 5.69 Å². The fourth-order valence-electron chi connectivity index (χ4n) is 1.56. The van der Waals surface area contributed by atoms with Crippen LogP contribution >= 0.6 is 0 Å². The molecule has 19 heavy (non-hydrogen) atoms. The van der Waals surface area contributed by atoms with Crippen molar-refractivity contribution in [1.82, 2.24) is 0 Å². The second-order valence-corrected chi connectivity index (χ2v) is 3.99. The molecule has 0 aliphatic carbocycles. The van der Waals surface area contributed by atoms with Gasteiger partial charge in [-0.15, -0.1) is 0 Å². The van der Waals surface area contributed by atoms with E-state index in [2.05, 4.69) is 5.32 Å². The molecule has 0 aromatic heterocycles. The molecule has 0 saturated heterocycles. The number of nitrogens with one attached hydrogen (secondary N) is 1. The summed E-state index contributed by atoms with van der Waals surface area (Å²) in [5, 5.41) is 3.12. The Bertz CT molecular complexity index is 378. The van der Waals surface area contributed by atoms with E-state index < -0.39 is 0 Å². The summed E-state index contributed by atoms with van der Waals surface area (Å²) >= 11 is 0. The van der Waals surface area contributed by atoms with Crippen LogP contribution < -0.4 is 10.1 Å². The number of rotatable bonds is 8. The Kier molecular flexibility index (Phi) is 6.74. The smallest absolute Gasteiger partial charge is 0.328 e.